The van der Waals surface area contributed by atoms with Crippen LogP contribution in [0.4, 0.5) is 5.69 Å². The smallest absolute Gasteiger partial charge is 0.329 e. The number of amides is 2. The minimum atomic E-state index is -1.04. The second-order valence-electron chi connectivity index (χ2n) is 6.36. The van der Waals surface area contributed by atoms with Gasteiger partial charge in [-0.2, -0.15) is 0 Å². The normalized spacial score (nSPS) is 17.2. The van der Waals surface area contributed by atoms with Gasteiger partial charge in [0.1, 0.15) is 6.04 Å². The van der Waals surface area contributed by atoms with Crippen molar-refractivity contribution >= 4 is 58.0 Å². The Hall–Kier alpha value is -2.09. The molecule has 148 valence electrons. The van der Waals surface area contributed by atoms with Gasteiger partial charge in [-0.05, 0) is 49.4 Å². The first-order valence-corrected chi connectivity index (χ1v) is 10.3. The van der Waals surface area contributed by atoms with Crippen LogP contribution in [0.25, 0.3) is 0 Å². The molecule has 1 saturated heterocycles. The fraction of sp³-hybridized carbons (Fsp3) is 0.316. The van der Waals surface area contributed by atoms with Gasteiger partial charge in [0.25, 0.3) is 11.8 Å². The van der Waals surface area contributed by atoms with Crippen molar-refractivity contribution in [3.63, 3.8) is 0 Å². The molecule has 28 heavy (non-hydrogen) atoms. The number of anilines is 1. The SMILES string of the molecule is CC(OC(=O)[C@@H]1CCCN1C(=O)c1cccs1)C(=O)Nc1cc(Cl)cc(Cl)c1. The van der Waals surface area contributed by atoms with Crippen molar-refractivity contribution in [2.75, 3.05) is 11.9 Å². The lowest BCUT2D eigenvalue weighted by Crippen LogP contribution is -2.43. The number of rotatable bonds is 5. The van der Waals surface area contributed by atoms with Crippen LogP contribution in [-0.4, -0.2) is 41.4 Å². The predicted octanol–water partition coefficient (Wildman–Crippen LogP) is 4.23. The van der Waals surface area contributed by atoms with Crippen molar-refractivity contribution in [3.05, 3.63) is 50.6 Å². The highest BCUT2D eigenvalue weighted by molar-refractivity contribution is 7.12. The Kier molecular flexibility index (Phi) is 6.59. The molecule has 2 amide bonds. The van der Waals surface area contributed by atoms with E-state index in [0.717, 1.165) is 0 Å². The number of ether oxygens (including phenoxy) is 1. The Morgan fingerprint density at radius 2 is 1.96 bits per heavy atom. The first-order chi connectivity index (χ1) is 13.3. The van der Waals surface area contributed by atoms with Gasteiger partial charge in [0.15, 0.2) is 6.10 Å². The number of benzene rings is 1. The Balaban J connectivity index is 1.61. The Morgan fingerprint density at radius 1 is 1.25 bits per heavy atom. The predicted molar refractivity (Wildman–Crippen MR) is 109 cm³/mol. The summed E-state index contributed by atoms with van der Waals surface area (Å²) in [7, 11) is 0. The summed E-state index contributed by atoms with van der Waals surface area (Å²) in [6, 6.07) is 7.44. The number of esters is 1. The topological polar surface area (TPSA) is 75.7 Å². The maximum atomic E-state index is 12.6. The van der Waals surface area contributed by atoms with Crippen LogP contribution in [0.5, 0.6) is 0 Å². The van der Waals surface area contributed by atoms with Crippen LogP contribution in [0.3, 0.4) is 0 Å². The van der Waals surface area contributed by atoms with E-state index in [0.29, 0.717) is 40.0 Å². The van der Waals surface area contributed by atoms with E-state index in [1.165, 1.54) is 35.3 Å². The standard InChI is InChI=1S/C19H18Cl2N2O4S/c1-11(17(24)22-14-9-12(20)8-13(21)10-14)27-19(26)15-4-2-6-23(15)18(25)16-5-3-7-28-16/h3,5,7-11,15H,2,4,6H2,1H3,(H,22,24)/t11?,15-/m0/s1. The molecule has 1 N–H and O–H groups in total. The van der Waals surface area contributed by atoms with Crippen LogP contribution < -0.4 is 5.32 Å². The highest BCUT2D eigenvalue weighted by atomic mass is 35.5. The van der Waals surface area contributed by atoms with Gasteiger partial charge in [-0.15, -0.1) is 11.3 Å². The minimum absolute atomic E-state index is 0.194. The van der Waals surface area contributed by atoms with E-state index in [4.69, 9.17) is 27.9 Å². The molecule has 0 spiro atoms. The van der Waals surface area contributed by atoms with Gasteiger partial charge < -0.3 is 15.0 Å². The summed E-state index contributed by atoms with van der Waals surface area (Å²) in [6.07, 6.45) is 0.177. The summed E-state index contributed by atoms with van der Waals surface area (Å²) >= 11 is 13.2. The zero-order valence-electron chi connectivity index (χ0n) is 15.0. The van der Waals surface area contributed by atoms with E-state index in [2.05, 4.69) is 5.32 Å². The summed E-state index contributed by atoms with van der Waals surface area (Å²) in [5.41, 5.74) is 0.403. The molecule has 2 atom stereocenters. The number of nitrogens with zero attached hydrogens (tertiary/aromatic N) is 1. The van der Waals surface area contributed by atoms with Gasteiger partial charge in [-0.25, -0.2) is 4.79 Å². The van der Waals surface area contributed by atoms with Crippen LogP contribution in [0.1, 0.15) is 29.4 Å². The second kappa shape index (κ2) is 8.94. The first kappa shape index (κ1) is 20.6. The maximum absolute atomic E-state index is 12.6. The summed E-state index contributed by atoms with van der Waals surface area (Å²) in [4.78, 5) is 39.6. The van der Waals surface area contributed by atoms with Gasteiger partial charge in [-0.1, -0.05) is 29.3 Å². The first-order valence-electron chi connectivity index (χ1n) is 8.67. The highest BCUT2D eigenvalue weighted by Gasteiger charge is 2.37. The van der Waals surface area contributed by atoms with Gasteiger partial charge in [-0.3, -0.25) is 9.59 Å². The second-order valence-corrected chi connectivity index (χ2v) is 8.18. The average Bonchev–Trinajstić information content (AvgIpc) is 3.32. The molecule has 1 aliphatic heterocycles. The molecule has 1 aromatic carbocycles. The van der Waals surface area contributed by atoms with Crippen LogP contribution in [0.2, 0.25) is 10.0 Å². The average molecular weight is 441 g/mol. The van der Waals surface area contributed by atoms with Gasteiger partial charge in [0, 0.05) is 22.3 Å². The summed E-state index contributed by atoms with van der Waals surface area (Å²) in [5, 5.41) is 5.17. The quantitative estimate of drug-likeness (QED) is 0.705. The van der Waals surface area contributed by atoms with Crippen LogP contribution >= 0.6 is 34.5 Å². The summed E-state index contributed by atoms with van der Waals surface area (Å²) < 4.78 is 5.32. The molecular weight excluding hydrogens is 423 g/mol. The molecule has 3 rings (SSSR count). The number of carbonyl (C=O) groups is 3. The lowest BCUT2D eigenvalue weighted by atomic mass is 10.2. The molecule has 1 unspecified atom stereocenters. The number of likely N-dealkylation sites (tertiary alicyclic amines) is 1. The van der Waals surface area contributed by atoms with Crippen molar-refractivity contribution in [3.8, 4) is 0 Å². The van der Waals surface area contributed by atoms with Gasteiger partial charge in [0.2, 0.25) is 0 Å². The molecule has 0 aliphatic carbocycles. The third-order valence-electron chi connectivity index (χ3n) is 4.31. The lowest BCUT2D eigenvalue weighted by molar-refractivity contribution is -0.156. The molecule has 1 aromatic heterocycles. The van der Waals surface area contributed by atoms with Crippen molar-refractivity contribution in [1.29, 1.82) is 0 Å². The highest BCUT2D eigenvalue weighted by Crippen LogP contribution is 2.25. The zero-order chi connectivity index (χ0) is 20.3. The van der Waals surface area contributed by atoms with Crippen molar-refractivity contribution in [2.24, 2.45) is 0 Å². The third-order valence-corrected chi connectivity index (χ3v) is 5.60. The van der Waals surface area contributed by atoms with Crippen molar-refractivity contribution in [1.82, 2.24) is 4.90 Å². The molecule has 9 heteroatoms. The summed E-state index contributed by atoms with van der Waals surface area (Å²) in [5.74, 6) is -1.30. The van der Waals surface area contributed by atoms with E-state index in [-0.39, 0.29) is 5.91 Å². The third kappa shape index (κ3) is 4.84. The number of thiophene rings is 1. The van der Waals surface area contributed by atoms with Crippen LogP contribution in [0.15, 0.2) is 35.7 Å². The van der Waals surface area contributed by atoms with E-state index in [1.54, 1.807) is 18.2 Å². The van der Waals surface area contributed by atoms with E-state index in [1.807, 2.05) is 5.38 Å². The molecule has 0 radical (unpaired) electrons. The molecule has 2 aromatic rings. The van der Waals surface area contributed by atoms with Gasteiger partial charge >= 0.3 is 5.97 Å². The van der Waals surface area contributed by atoms with Crippen LogP contribution in [-0.2, 0) is 14.3 Å². The Labute approximate surface area is 176 Å². The number of carbonyl (C=O) groups excluding carboxylic acids is 3. The van der Waals surface area contributed by atoms with E-state index in [9.17, 15) is 14.4 Å². The fourth-order valence-corrected chi connectivity index (χ4v) is 4.18. The Bertz CT molecular complexity index is 868. The number of hydrogen-bond donors (Lipinski definition) is 1. The molecule has 0 bridgehead atoms. The monoisotopic (exact) mass is 440 g/mol. The van der Waals surface area contributed by atoms with E-state index >= 15 is 0 Å². The minimum Gasteiger partial charge on any atom is -0.451 e. The molecule has 1 aliphatic rings. The lowest BCUT2D eigenvalue weighted by Gasteiger charge is -2.24. The molecular formula is C19H18Cl2N2O4S. The van der Waals surface area contributed by atoms with E-state index < -0.39 is 24.0 Å². The largest absolute Gasteiger partial charge is 0.451 e. The number of halogens is 2. The van der Waals surface area contributed by atoms with Crippen molar-refractivity contribution in [2.45, 2.75) is 31.9 Å². The molecule has 1 fully saturated rings. The number of hydrogen-bond acceptors (Lipinski definition) is 5. The number of nitrogens with one attached hydrogen (secondary N) is 1. The molecule has 0 saturated carbocycles. The van der Waals surface area contributed by atoms with Crippen LogP contribution in [0, 0.1) is 0 Å². The maximum Gasteiger partial charge on any atom is 0.329 e. The Morgan fingerprint density at radius 3 is 2.61 bits per heavy atom. The van der Waals surface area contributed by atoms with Crippen molar-refractivity contribution < 1.29 is 19.1 Å². The molecule has 2 heterocycles. The van der Waals surface area contributed by atoms with Gasteiger partial charge in [0.05, 0.1) is 4.88 Å². The molecule has 6 nitrogen and oxygen atoms in total. The fourth-order valence-electron chi connectivity index (χ4n) is 2.97. The zero-order valence-corrected chi connectivity index (χ0v) is 17.3. The summed E-state index contributed by atoms with van der Waals surface area (Å²) in [6.45, 7) is 1.96.